The Balaban J connectivity index is 1.98. The molecule has 1 aliphatic rings. The smallest absolute Gasteiger partial charge is 0.162 e. The highest BCUT2D eigenvalue weighted by atomic mass is 35.5. The van der Waals surface area contributed by atoms with Gasteiger partial charge in [-0.15, -0.1) is 0 Å². The van der Waals surface area contributed by atoms with E-state index in [4.69, 9.17) is 16.3 Å². The van der Waals surface area contributed by atoms with E-state index in [0.29, 0.717) is 22.7 Å². The molecular weight excluding hydrogens is 250 g/mol. The van der Waals surface area contributed by atoms with E-state index < -0.39 is 0 Å². The molecule has 0 amide bonds. The number of halogens is 1. The summed E-state index contributed by atoms with van der Waals surface area (Å²) in [5, 5.41) is 14.0. The van der Waals surface area contributed by atoms with Gasteiger partial charge in [-0.1, -0.05) is 24.9 Å². The Labute approximate surface area is 113 Å². The van der Waals surface area contributed by atoms with Crippen molar-refractivity contribution >= 4 is 11.6 Å². The molecule has 0 aromatic heterocycles. The number of benzene rings is 1. The number of hydrogen-bond donors (Lipinski definition) is 2. The van der Waals surface area contributed by atoms with E-state index in [1.165, 1.54) is 26.4 Å². The molecular formula is C14H20ClNO2. The van der Waals surface area contributed by atoms with Gasteiger partial charge < -0.3 is 15.2 Å². The lowest BCUT2D eigenvalue weighted by molar-refractivity contribution is 0.156. The summed E-state index contributed by atoms with van der Waals surface area (Å²) in [6.07, 6.45) is 3.89. The molecule has 0 heterocycles. The molecule has 100 valence electrons. The second-order valence-electron chi connectivity index (χ2n) is 5.38. The van der Waals surface area contributed by atoms with Crippen LogP contribution in [-0.4, -0.2) is 18.8 Å². The molecule has 0 aliphatic heterocycles. The predicted molar refractivity (Wildman–Crippen MR) is 73.3 cm³/mol. The SMILES string of the molecule is COc1cc(Cl)cc(CNCC2(C)CCC2)c1O. The van der Waals surface area contributed by atoms with Crippen LogP contribution >= 0.6 is 11.6 Å². The van der Waals surface area contributed by atoms with Crippen molar-refractivity contribution in [2.24, 2.45) is 5.41 Å². The van der Waals surface area contributed by atoms with Gasteiger partial charge in [0, 0.05) is 29.7 Å². The molecule has 0 atom stereocenters. The van der Waals surface area contributed by atoms with Crippen LogP contribution in [0.3, 0.4) is 0 Å². The Hall–Kier alpha value is -0.930. The van der Waals surface area contributed by atoms with Crippen LogP contribution in [0.15, 0.2) is 12.1 Å². The molecule has 0 unspecified atom stereocenters. The van der Waals surface area contributed by atoms with E-state index in [1.54, 1.807) is 12.1 Å². The van der Waals surface area contributed by atoms with Crippen LogP contribution in [0.1, 0.15) is 31.7 Å². The maximum atomic E-state index is 9.99. The topological polar surface area (TPSA) is 41.5 Å². The van der Waals surface area contributed by atoms with Gasteiger partial charge in [0.05, 0.1) is 7.11 Å². The first-order valence-corrected chi connectivity index (χ1v) is 6.68. The van der Waals surface area contributed by atoms with Crippen molar-refractivity contribution in [1.82, 2.24) is 5.32 Å². The molecule has 1 saturated carbocycles. The maximum Gasteiger partial charge on any atom is 0.162 e. The van der Waals surface area contributed by atoms with Crippen molar-refractivity contribution in [1.29, 1.82) is 0 Å². The molecule has 0 radical (unpaired) electrons. The fourth-order valence-electron chi connectivity index (χ4n) is 2.37. The van der Waals surface area contributed by atoms with Gasteiger partial charge in [-0.3, -0.25) is 0 Å². The van der Waals surface area contributed by atoms with Crippen LogP contribution in [0.2, 0.25) is 5.02 Å². The zero-order valence-electron chi connectivity index (χ0n) is 10.9. The quantitative estimate of drug-likeness (QED) is 0.862. The second-order valence-corrected chi connectivity index (χ2v) is 5.82. The summed E-state index contributed by atoms with van der Waals surface area (Å²) in [5.74, 6) is 0.599. The Morgan fingerprint density at radius 1 is 1.44 bits per heavy atom. The third-order valence-corrected chi connectivity index (χ3v) is 3.98. The fourth-order valence-corrected chi connectivity index (χ4v) is 2.61. The van der Waals surface area contributed by atoms with Crippen molar-refractivity contribution in [3.63, 3.8) is 0 Å². The van der Waals surface area contributed by atoms with E-state index in [-0.39, 0.29) is 5.75 Å². The molecule has 1 fully saturated rings. The van der Waals surface area contributed by atoms with Gasteiger partial charge in [0.1, 0.15) is 0 Å². The standard InChI is InChI=1S/C14H20ClNO2/c1-14(4-3-5-14)9-16-8-10-6-11(15)7-12(18-2)13(10)17/h6-7,16-17H,3-5,8-9H2,1-2H3. The number of phenolic OH excluding ortho intramolecular Hbond substituents is 1. The summed E-state index contributed by atoms with van der Waals surface area (Å²) >= 11 is 5.99. The van der Waals surface area contributed by atoms with Crippen LogP contribution in [0.4, 0.5) is 0 Å². The molecule has 1 aromatic rings. The van der Waals surface area contributed by atoms with E-state index in [2.05, 4.69) is 12.2 Å². The predicted octanol–water partition coefficient (Wildman–Crippen LogP) is 3.33. The Bertz CT molecular complexity index is 430. The highest BCUT2D eigenvalue weighted by Crippen LogP contribution is 2.39. The Morgan fingerprint density at radius 3 is 2.72 bits per heavy atom. The molecule has 3 nitrogen and oxygen atoms in total. The molecule has 0 bridgehead atoms. The monoisotopic (exact) mass is 269 g/mol. The number of methoxy groups -OCH3 is 1. The van der Waals surface area contributed by atoms with Crippen molar-refractivity contribution in [2.45, 2.75) is 32.7 Å². The number of rotatable bonds is 5. The van der Waals surface area contributed by atoms with Gasteiger partial charge in [-0.05, 0) is 24.3 Å². The summed E-state index contributed by atoms with van der Waals surface area (Å²) in [4.78, 5) is 0. The van der Waals surface area contributed by atoms with E-state index >= 15 is 0 Å². The van der Waals surface area contributed by atoms with E-state index in [0.717, 1.165) is 12.1 Å². The molecule has 2 rings (SSSR count). The molecule has 0 spiro atoms. The Kier molecular flexibility index (Phi) is 4.03. The van der Waals surface area contributed by atoms with Gasteiger partial charge in [-0.25, -0.2) is 0 Å². The summed E-state index contributed by atoms with van der Waals surface area (Å²) in [7, 11) is 1.53. The average Bonchev–Trinajstić information content (AvgIpc) is 2.30. The Morgan fingerprint density at radius 2 is 2.17 bits per heavy atom. The number of nitrogens with one attached hydrogen (secondary N) is 1. The van der Waals surface area contributed by atoms with Crippen molar-refractivity contribution in [3.05, 3.63) is 22.7 Å². The summed E-state index contributed by atoms with van der Waals surface area (Å²) in [6, 6.07) is 3.39. The molecule has 0 saturated heterocycles. The van der Waals surface area contributed by atoms with Gasteiger partial charge in [0.25, 0.3) is 0 Å². The largest absolute Gasteiger partial charge is 0.504 e. The van der Waals surface area contributed by atoms with Crippen molar-refractivity contribution in [3.8, 4) is 11.5 Å². The van der Waals surface area contributed by atoms with Crippen LogP contribution < -0.4 is 10.1 Å². The van der Waals surface area contributed by atoms with Gasteiger partial charge in [0.15, 0.2) is 11.5 Å². The molecule has 18 heavy (non-hydrogen) atoms. The lowest BCUT2D eigenvalue weighted by Gasteiger charge is -2.38. The maximum absolute atomic E-state index is 9.99. The summed E-state index contributed by atoms with van der Waals surface area (Å²) in [6.45, 7) is 3.88. The van der Waals surface area contributed by atoms with E-state index in [9.17, 15) is 5.11 Å². The van der Waals surface area contributed by atoms with Crippen molar-refractivity contribution < 1.29 is 9.84 Å². The lowest BCUT2D eigenvalue weighted by atomic mass is 9.70. The van der Waals surface area contributed by atoms with Crippen LogP contribution in [0, 0.1) is 5.41 Å². The number of ether oxygens (including phenoxy) is 1. The minimum absolute atomic E-state index is 0.174. The first kappa shape index (κ1) is 13.5. The highest BCUT2D eigenvalue weighted by Gasteiger charge is 2.30. The third-order valence-electron chi connectivity index (χ3n) is 3.77. The lowest BCUT2D eigenvalue weighted by Crippen LogP contribution is -2.36. The molecule has 1 aliphatic carbocycles. The van der Waals surface area contributed by atoms with Gasteiger partial charge in [0.2, 0.25) is 0 Å². The fraction of sp³-hybridized carbons (Fsp3) is 0.571. The van der Waals surface area contributed by atoms with Crippen LogP contribution in [-0.2, 0) is 6.54 Å². The normalized spacial score (nSPS) is 17.3. The first-order valence-electron chi connectivity index (χ1n) is 6.30. The summed E-state index contributed by atoms with van der Waals surface area (Å²) in [5.41, 5.74) is 1.21. The van der Waals surface area contributed by atoms with Crippen LogP contribution in [0.5, 0.6) is 11.5 Å². The number of aromatic hydroxyl groups is 1. The van der Waals surface area contributed by atoms with Gasteiger partial charge >= 0.3 is 0 Å². The van der Waals surface area contributed by atoms with Crippen LogP contribution in [0.25, 0.3) is 0 Å². The van der Waals surface area contributed by atoms with Crippen molar-refractivity contribution in [2.75, 3.05) is 13.7 Å². The molecule has 4 heteroatoms. The number of phenols is 1. The van der Waals surface area contributed by atoms with E-state index in [1.807, 2.05) is 0 Å². The minimum atomic E-state index is 0.174. The average molecular weight is 270 g/mol. The molecule has 1 aromatic carbocycles. The highest BCUT2D eigenvalue weighted by molar-refractivity contribution is 6.30. The zero-order valence-corrected chi connectivity index (χ0v) is 11.7. The summed E-state index contributed by atoms with van der Waals surface area (Å²) < 4.78 is 5.08. The molecule has 2 N–H and O–H groups in total. The minimum Gasteiger partial charge on any atom is -0.504 e. The zero-order chi connectivity index (χ0) is 13.2. The second kappa shape index (κ2) is 5.37. The first-order chi connectivity index (χ1) is 8.54. The number of hydrogen-bond acceptors (Lipinski definition) is 3. The third kappa shape index (κ3) is 2.90. The van der Waals surface area contributed by atoms with Gasteiger partial charge in [-0.2, -0.15) is 0 Å².